The highest BCUT2D eigenvalue weighted by atomic mass is 15.0. The van der Waals surface area contributed by atoms with Crippen molar-refractivity contribution in [2.75, 3.05) is 13.1 Å². The van der Waals surface area contributed by atoms with E-state index in [0.717, 1.165) is 45.4 Å². The van der Waals surface area contributed by atoms with Gasteiger partial charge in [0.1, 0.15) is 13.1 Å². The molecule has 3 aromatic carbocycles. The van der Waals surface area contributed by atoms with Gasteiger partial charge in [0.2, 0.25) is 5.36 Å². The zero-order valence-corrected chi connectivity index (χ0v) is 21.8. The number of hydrogen-bond donors (Lipinski definition) is 0. The molecule has 0 radical (unpaired) electrons. The Bertz CT molecular complexity index is 1610. The lowest BCUT2D eigenvalue weighted by Gasteiger charge is -2.08. The van der Waals surface area contributed by atoms with Gasteiger partial charge in [0.15, 0.2) is 0 Å². The minimum atomic E-state index is 1.03. The molecule has 182 valence electrons. The number of likely N-dealkylation sites (N-methyl/N-ethyl adjacent to an activating group) is 1. The highest BCUT2D eigenvalue weighted by Gasteiger charge is 2.21. The summed E-state index contributed by atoms with van der Waals surface area (Å²) in [4.78, 5) is 0. The molecule has 3 nitrogen and oxygen atoms in total. The Morgan fingerprint density at radius 1 is 0.750 bits per heavy atom. The van der Waals surface area contributed by atoms with E-state index < -0.39 is 0 Å². The first-order chi connectivity index (χ1) is 17.7. The van der Waals surface area contributed by atoms with Crippen LogP contribution in [0.25, 0.3) is 27.4 Å². The molecule has 0 spiro atoms. The van der Waals surface area contributed by atoms with Gasteiger partial charge in [0.05, 0.1) is 0 Å². The largest absolute Gasteiger partial charge is 0.347 e. The molecular formula is C33H36N3+. The third-order valence-corrected chi connectivity index (χ3v) is 7.79. The summed E-state index contributed by atoms with van der Waals surface area (Å²) in [6.07, 6.45) is 8.17. The van der Waals surface area contributed by atoms with Gasteiger partial charge < -0.3 is 9.13 Å². The van der Waals surface area contributed by atoms with Gasteiger partial charge in [-0.3, -0.25) is 0 Å². The van der Waals surface area contributed by atoms with Gasteiger partial charge >= 0.3 is 0 Å². The molecule has 6 rings (SSSR count). The van der Waals surface area contributed by atoms with Gasteiger partial charge in [0, 0.05) is 82.0 Å². The van der Waals surface area contributed by atoms with Crippen LogP contribution in [0.1, 0.15) is 50.3 Å². The van der Waals surface area contributed by atoms with E-state index in [1.165, 1.54) is 54.6 Å². The van der Waals surface area contributed by atoms with E-state index in [-0.39, 0.29) is 0 Å². The second-order valence-electron chi connectivity index (χ2n) is 10.1. The topological polar surface area (TPSA) is 12.9 Å². The third-order valence-electron chi connectivity index (χ3n) is 7.79. The van der Waals surface area contributed by atoms with Crippen molar-refractivity contribution < 1.29 is 0 Å². The van der Waals surface area contributed by atoms with Crippen LogP contribution in [-0.4, -0.2) is 22.2 Å². The molecule has 1 aliphatic heterocycles. The molecule has 0 bridgehead atoms. The molecule has 0 N–H and O–H groups in total. The average molecular weight is 475 g/mol. The summed E-state index contributed by atoms with van der Waals surface area (Å²) in [6, 6.07) is 25.0. The highest BCUT2D eigenvalue weighted by molar-refractivity contribution is 6.03. The maximum Gasteiger partial charge on any atom is 0.203 e. The predicted molar refractivity (Wildman–Crippen MR) is 152 cm³/mol. The van der Waals surface area contributed by atoms with Crippen LogP contribution >= 0.6 is 0 Å². The summed E-state index contributed by atoms with van der Waals surface area (Å²) < 4.78 is 7.39. The molecule has 36 heavy (non-hydrogen) atoms. The first kappa shape index (κ1) is 22.8. The number of para-hydroxylation sites is 2. The molecular weight excluding hydrogens is 438 g/mol. The molecule has 0 atom stereocenters. The van der Waals surface area contributed by atoms with E-state index in [1.807, 2.05) is 0 Å². The minimum Gasteiger partial charge on any atom is -0.347 e. The molecule has 0 saturated heterocycles. The second kappa shape index (κ2) is 9.46. The van der Waals surface area contributed by atoms with Crippen molar-refractivity contribution in [3.63, 3.8) is 0 Å². The molecule has 3 heterocycles. The maximum absolute atomic E-state index is 2.50. The molecule has 1 aliphatic rings. The number of hydrogen-bond acceptors (Lipinski definition) is 0. The van der Waals surface area contributed by atoms with E-state index in [4.69, 9.17) is 0 Å². The molecule has 5 aromatic rings. The van der Waals surface area contributed by atoms with E-state index in [1.54, 1.807) is 0 Å². The van der Waals surface area contributed by atoms with Gasteiger partial charge in [-0.15, -0.1) is 0 Å². The standard InChI is InChI=1S/C33H36N3/c1-4-18-35-22-28(26-11-7-9-13-31(26)35)33(25-15-16-30-24(21-25)17-20-34(30)6-3)29-23-36(19-5-2)32-14-10-8-12-27(29)32/h7-16,21-23H,4-6,17-20H2,1-3H3/q+1. The SMILES string of the molecule is CCCn1cc(C(c2cn(CCC)c3ccccc23)=c2ccc3c(c2)CC[N+]=3CC)c2ccccc21. The molecule has 0 unspecified atom stereocenters. The number of aryl methyl sites for hydroxylation is 2. The smallest absolute Gasteiger partial charge is 0.203 e. The summed E-state index contributed by atoms with van der Waals surface area (Å²) >= 11 is 0. The van der Waals surface area contributed by atoms with E-state index in [0.29, 0.717) is 0 Å². The monoisotopic (exact) mass is 474 g/mol. The van der Waals surface area contributed by atoms with Crippen molar-refractivity contribution in [1.82, 2.24) is 13.7 Å². The summed E-state index contributed by atoms with van der Waals surface area (Å²) in [5, 5.41) is 5.40. The van der Waals surface area contributed by atoms with Crippen molar-refractivity contribution in [2.24, 2.45) is 0 Å². The molecule has 0 amide bonds. The molecule has 0 fully saturated rings. The van der Waals surface area contributed by atoms with Crippen LogP contribution in [0.2, 0.25) is 0 Å². The Kier molecular flexibility index (Phi) is 6.00. The van der Waals surface area contributed by atoms with Crippen LogP contribution in [0, 0.1) is 0 Å². The van der Waals surface area contributed by atoms with Gasteiger partial charge in [-0.25, -0.2) is 4.58 Å². The number of nitrogens with zero attached hydrogens (tertiary/aromatic N) is 3. The Hall–Kier alpha value is -3.59. The molecule has 0 saturated carbocycles. The molecule has 2 aromatic heterocycles. The lowest BCUT2D eigenvalue weighted by atomic mass is 9.94. The fourth-order valence-corrected chi connectivity index (χ4v) is 6.15. The number of aromatic nitrogens is 2. The van der Waals surface area contributed by atoms with Crippen molar-refractivity contribution in [1.29, 1.82) is 0 Å². The van der Waals surface area contributed by atoms with Crippen LogP contribution in [0.15, 0.2) is 79.1 Å². The normalized spacial score (nSPS) is 13.1. The zero-order chi connectivity index (χ0) is 24.6. The number of benzene rings is 3. The van der Waals surface area contributed by atoms with E-state index in [2.05, 4.69) is 114 Å². The number of rotatable bonds is 7. The zero-order valence-electron chi connectivity index (χ0n) is 21.8. The van der Waals surface area contributed by atoms with Crippen molar-refractivity contribution in [3.8, 4) is 0 Å². The third kappa shape index (κ3) is 3.69. The van der Waals surface area contributed by atoms with Gasteiger partial charge in [-0.05, 0) is 49.2 Å². The first-order valence-corrected chi connectivity index (χ1v) is 13.6. The summed E-state index contributed by atoms with van der Waals surface area (Å²) in [6.45, 7) is 11.0. The van der Waals surface area contributed by atoms with E-state index in [9.17, 15) is 0 Å². The summed E-state index contributed by atoms with van der Waals surface area (Å²) in [7, 11) is 0. The first-order valence-electron chi connectivity index (χ1n) is 13.6. The van der Waals surface area contributed by atoms with Gasteiger partial charge in [-0.1, -0.05) is 50.2 Å². The Balaban J connectivity index is 1.73. The second-order valence-corrected chi connectivity index (χ2v) is 10.1. The van der Waals surface area contributed by atoms with Crippen molar-refractivity contribution in [3.05, 3.63) is 106 Å². The van der Waals surface area contributed by atoms with Gasteiger partial charge in [0.25, 0.3) is 0 Å². The van der Waals surface area contributed by atoms with Crippen LogP contribution in [0.4, 0.5) is 0 Å². The predicted octanol–water partition coefficient (Wildman–Crippen LogP) is 5.73. The van der Waals surface area contributed by atoms with Crippen LogP contribution < -0.4 is 15.2 Å². The van der Waals surface area contributed by atoms with Gasteiger partial charge in [-0.2, -0.15) is 0 Å². The van der Waals surface area contributed by atoms with Crippen LogP contribution in [0.3, 0.4) is 0 Å². The van der Waals surface area contributed by atoms with Crippen LogP contribution in [-0.2, 0) is 19.5 Å². The quantitative estimate of drug-likeness (QED) is 0.267. The van der Waals surface area contributed by atoms with Crippen LogP contribution in [0.5, 0.6) is 0 Å². The maximum atomic E-state index is 2.50. The average Bonchev–Trinajstić information content (AvgIpc) is 3.60. The molecule has 0 aliphatic carbocycles. The molecule has 3 heteroatoms. The minimum absolute atomic E-state index is 1.03. The fourth-order valence-electron chi connectivity index (χ4n) is 6.15. The summed E-state index contributed by atoms with van der Waals surface area (Å²) in [5.41, 5.74) is 8.14. The Morgan fingerprint density at radius 2 is 1.33 bits per heavy atom. The number of fused-ring (bicyclic) bond motifs is 3. The highest BCUT2D eigenvalue weighted by Crippen LogP contribution is 2.35. The fraction of sp³-hybridized carbons (Fsp3) is 0.303. The van der Waals surface area contributed by atoms with Crippen molar-refractivity contribution >= 4 is 27.4 Å². The van der Waals surface area contributed by atoms with E-state index >= 15 is 0 Å². The lowest BCUT2D eigenvalue weighted by molar-refractivity contribution is 0.638. The van der Waals surface area contributed by atoms with Crippen molar-refractivity contribution in [2.45, 2.75) is 53.1 Å². The Morgan fingerprint density at radius 3 is 1.89 bits per heavy atom. The Labute approximate surface area is 213 Å². The summed E-state index contributed by atoms with van der Waals surface area (Å²) in [5.74, 6) is 0. The lowest BCUT2D eigenvalue weighted by Crippen LogP contribution is -2.26.